The average Bonchev–Trinajstić information content (AvgIpc) is 3.31. The molecule has 1 N–H and O–H groups in total. The predicted molar refractivity (Wildman–Crippen MR) is 93.5 cm³/mol. The summed E-state index contributed by atoms with van der Waals surface area (Å²) in [5.41, 5.74) is 4.33. The maximum atomic E-state index is 9.24. The van der Waals surface area contributed by atoms with Gasteiger partial charge in [0, 0.05) is 35.6 Å². The Labute approximate surface area is 145 Å². The van der Waals surface area contributed by atoms with Crippen LogP contribution in [0.25, 0.3) is 16.6 Å². The number of hydrogen-bond acceptors (Lipinski definition) is 5. The Balaban J connectivity index is 1.80. The van der Waals surface area contributed by atoms with Crippen molar-refractivity contribution in [3.8, 4) is 22.9 Å². The molecule has 7 heteroatoms. The summed E-state index contributed by atoms with van der Waals surface area (Å²) in [5, 5.41) is 21.6. The normalized spacial score (nSPS) is 20.1. The van der Waals surface area contributed by atoms with E-state index in [0.717, 1.165) is 29.8 Å². The highest BCUT2D eigenvalue weighted by Crippen LogP contribution is 2.32. The van der Waals surface area contributed by atoms with Crippen LogP contribution >= 0.6 is 0 Å². The topological polar surface area (TPSA) is 80.2 Å². The summed E-state index contributed by atoms with van der Waals surface area (Å²) in [4.78, 5) is 0. The van der Waals surface area contributed by atoms with Crippen LogP contribution in [0.2, 0.25) is 0 Å². The summed E-state index contributed by atoms with van der Waals surface area (Å²) < 4.78 is 9.30. The van der Waals surface area contributed by atoms with Gasteiger partial charge in [-0.2, -0.15) is 15.5 Å². The van der Waals surface area contributed by atoms with Crippen molar-refractivity contribution in [1.29, 1.82) is 5.26 Å². The van der Waals surface area contributed by atoms with Crippen LogP contribution in [0.1, 0.15) is 30.6 Å². The van der Waals surface area contributed by atoms with E-state index >= 15 is 0 Å². The van der Waals surface area contributed by atoms with Crippen LogP contribution in [0.15, 0.2) is 24.7 Å². The Kier molecular flexibility index (Phi) is 3.70. The molecule has 1 aliphatic heterocycles. The van der Waals surface area contributed by atoms with E-state index in [-0.39, 0.29) is 0 Å². The van der Waals surface area contributed by atoms with Gasteiger partial charge in [-0.25, -0.2) is 4.52 Å². The predicted octanol–water partition coefficient (Wildman–Crippen LogP) is 2.31. The fraction of sp³-hybridized carbons (Fsp3) is 0.389. The van der Waals surface area contributed by atoms with E-state index in [2.05, 4.69) is 40.1 Å². The maximum absolute atomic E-state index is 9.24. The smallest absolute Gasteiger partial charge is 0.146 e. The molecule has 0 unspecified atom stereocenters. The zero-order valence-electron chi connectivity index (χ0n) is 14.5. The molecule has 2 atom stereocenters. The van der Waals surface area contributed by atoms with Gasteiger partial charge >= 0.3 is 0 Å². The minimum Gasteiger partial charge on any atom is -0.494 e. The van der Waals surface area contributed by atoms with Gasteiger partial charge in [-0.05, 0) is 26.3 Å². The highest BCUT2D eigenvalue weighted by molar-refractivity contribution is 5.75. The molecule has 3 aromatic rings. The largest absolute Gasteiger partial charge is 0.494 e. The molecule has 25 heavy (non-hydrogen) atoms. The van der Waals surface area contributed by atoms with Gasteiger partial charge in [0.15, 0.2) is 0 Å². The average molecular weight is 336 g/mol. The third-order valence-electron chi connectivity index (χ3n) is 4.95. The number of nitrogens with one attached hydrogen (secondary N) is 1. The van der Waals surface area contributed by atoms with E-state index < -0.39 is 0 Å². The summed E-state index contributed by atoms with van der Waals surface area (Å²) in [6.07, 6.45) is 6.45. The third kappa shape index (κ3) is 2.46. The van der Waals surface area contributed by atoms with E-state index in [1.54, 1.807) is 17.8 Å². The Morgan fingerprint density at radius 2 is 2.20 bits per heavy atom. The van der Waals surface area contributed by atoms with Crippen LogP contribution in [0.5, 0.6) is 5.75 Å². The van der Waals surface area contributed by atoms with E-state index in [1.165, 1.54) is 0 Å². The quantitative estimate of drug-likeness (QED) is 0.794. The lowest BCUT2D eigenvalue weighted by Gasteiger charge is -2.13. The van der Waals surface area contributed by atoms with E-state index in [0.29, 0.717) is 28.9 Å². The first-order valence-corrected chi connectivity index (χ1v) is 8.35. The van der Waals surface area contributed by atoms with Gasteiger partial charge in [-0.3, -0.25) is 4.68 Å². The van der Waals surface area contributed by atoms with Crippen molar-refractivity contribution in [2.24, 2.45) is 0 Å². The number of hydrogen-bond donors (Lipinski definition) is 1. The van der Waals surface area contributed by atoms with Gasteiger partial charge < -0.3 is 10.1 Å². The Morgan fingerprint density at radius 3 is 2.88 bits per heavy atom. The number of nitrogens with zero attached hydrogens (tertiary/aromatic N) is 5. The van der Waals surface area contributed by atoms with E-state index in [9.17, 15) is 5.26 Å². The fourth-order valence-electron chi connectivity index (χ4n) is 3.64. The minimum atomic E-state index is 0.379. The summed E-state index contributed by atoms with van der Waals surface area (Å²) in [6, 6.07) is 4.99. The molecule has 128 valence electrons. The molecule has 4 heterocycles. The van der Waals surface area contributed by atoms with Crippen LogP contribution in [0.3, 0.4) is 0 Å². The molecule has 7 nitrogen and oxygen atoms in total. The Morgan fingerprint density at radius 1 is 1.36 bits per heavy atom. The van der Waals surface area contributed by atoms with E-state index in [1.807, 2.05) is 18.5 Å². The van der Waals surface area contributed by atoms with Crippen molar-refractivity contribution in [3.05, 3.63) is 35.9 Å². The molecule has 0 aliphatic carbocycles. The van der Waals surface area contributed by atoms with Crippen LogP contribution < -0.4 is 10.1 Å². The molecular formula is C18H20N6O. The molecule has 1 saturated heterocycles. The van der Waals surface area contributed by atoms with Crippen LogP contribution in [0.4, 0.5) is 0 Å². The Bertz CT molecular complexity index is 980. The molecule has 0 bridgehead atoms. The maximum Gasteiger partial charge on any atom is 0.146 e. The van der Waals surface area contributed by atoms with Gasteiger partial charge in [-0.1, -0.05) is 0 Å². The van der Waals surface area contributed by atoms with Crippen LogP contribution in [-0.4, -0.2) is 39.1 Å². The second-order valence-electron chi connectivity index (χ2n) is 6.55. The number of rotatable bonds is 3. The first kappa shape index (κ1) is 15.7. The van der Waals surface area contributed by atoms with Gasteiger partial charge in [0.2, 0.25) is 0 Å². The number of aromatic nitrogens is 4. The number of nitriles is 1. The monoisotopic (exact) mass is 336 g/mol. The first-order chi connectivity index (χ1) is 12.1. The molecule has 4 rings (SSSR count). The number of pyridine rings is 1. The van der Waals surface area contributed by atoms with Gasteiger partial charge in [0.25, 0.3) is 0 Å². The van der Waals surface area contributed by atoms with Crippen molar-refractivity contribution in [3.63, 3.8) is 0 Å². The van der Waals surface area contributed by atoms with Crippen LogP contribution in [0, 0.1) is 18.3 Å². The zero-order valence-corrected chi connectivity index (χ0v) is 14.5. The van der Waals surface area contributed by atoms with Crippen molar-refractivity contribution < 1.29 is 4.74 Å². The molecule has 0 spiro atoms. The van der Waals surface area contributed by atoms with Crippen LogP contribution in [-0.2, 0) is 0 Å². The lowest BCUT2D eigenvalue weighted by Crippen LogP contribution is -2.18. The molecule has 1 fully saturated rings. The van der Waals surface area contributed by atoms with Crippen molar-refractivity contribution in [2.75, 3.05) is 13.7 Å². The zero-order chi connectivity index (χ0) is 17.6. The van der Waals surface area contributed by atoms with Crippen molar-refractivity contribution >= 4 is 5.52 Å². The number of methoxy groups -OCH3 is 1. The molecule has 0 radical (unpaired) electrons. The Hall–Kier alpha value is -2.85. The van der Waals surface area contributed by atoms with Gasteiger partial charge in [0.1, 0.15) is 22.9 Å². The number of ether oxygens (including phenoxy) is 1. The molecular weight excluding hydrogens is 316 g/mol. The summed E-state index contributed by atoms with van der Waals surface area (Å²) in [5.74, 6) is 0.634. The van der Waals surface area contributed by atoms with E-state index in [4.69, 9.17) is 4.74 Å². The summed E-state index contributed by atoms with van der Waals surface area (Å²) >= 11 is 0. The second-order valence-corrected chi connectivity index (χ2v) is 6.55. The van der Waals surface area contributed by atoms with Crippen molar-refractivity contribution in [1.82, 2.24) is 24.7 Å². The highest BCUT2D eigenvalue weighted by atomic mass is 16.5. The second kappa shape index (κ2) is 5.90. The van der Waals surface area contributed by atoms with Gasteiger partial charge in [0.05, 0.1) is 25.5 Å². The van der Waals surface area contributed by atoms with Crippen molar-refractivity contribution in [2.45, 2.75) is 32.4 Å². The molecule has 3 aromatic heterocycles. The lowest BCUT2D eigenvalue weighted by atomic mass is 10.1. The molecule has 0 aromatic carbocycles. The SMILES string of the molecule is COc1cc(-c2cnn([C@@H]3CN[C@H](C)C3)c2C)cn2ncc(C#N)c12. The minimum absolute atomic E-state index is 0.379. The third-order valence-corrected chi connectivity index (χ3v) is 4.95. The molecule has 1 aliphatic rings. The molecule has 0 amide bonds. The fourth-order valence-corrected chi connectivity index (χ4v) is 3.64. The molecule has 0 saturated carbocycles. The first-order valence-electron chi connectivity index (χ1n) is 8.35. The number of fused-ring (bicyclic) bond motifs is 1. The standard InChI is InChI=1S/C18H20N6O/c1-11-4-15(8-20-11)24-12(2)16(9-22-24)13-5-17(25-3)18-14(6-19)7-21-23(18)10-13/h5,7,9-11,15,20H,4,8H2,1-3H3/t11-,15+/m1/s1. The summed E-state index contributed by atoms with van der Waals surface area (Å²) in [7, 11) is 1.61. The lowest BCUT2D eigenvalue weighted by molar-refractivity contribution is 0.417. The summed E-state index contributed by atoms with van der Waals surface area (Å²) in [6.45, 7) is 5.23. The van der Waals surface area contributed by atoms with Gasteiger partial charge in [-0.15, -0.1) is 0 Å². The highest BCUT2D eigenvalue weighted by Gasteiger charge is 2.25.